The quantitative estimate of drug-likeness (QED) is 0.768. The number of methoxy groups -OCH3 is 1. The standard InChI is InChI=1S/C19H26N2O4/c1-3-16-12-20(8-9-25-16)18(22)13-21-11-15-7-5-4-6-14(15)10-17(21)19(23)24-2/h4-7,16-17H,3,8-13H2,1-2H3/t16-,17-/m1/s1. The van der Waals surface area contributed by atoms with Crippen molar-refractivity contribution in [1.29, 1.82) is 0 Å². The molecular formula is C19H26N2O4. The highest BCUT2D eigenvalue weighted by Crippen LogP contribution is 2.24. The first-order valence-electron chi connectivity index (χ1n) is 8.90. The third-order valence-corrected chi connectivity index (χ3v) is 5.10. The summed E-state index contributed by atoms with van der Waals surface area (Å²) in [5, 5.41) is 0. The Morgan fingerprint density at radius 3 is 2.76 bits per heavy atom. The molecule has 2 heterocycles. The topological polar surface area (TPSA) is 59.1 Å². The minimum Gasteiger partial charge on any atom is -0.468 e. The van der Waals surface area contributed by atoms with E-state index >= 15 is 0 Å². The smallest absolute Gasteiger partial charge is 0.323 e. The Labute approximate surface area is 148 Å². The van der Waals surface area contributed by atoms with Crippen molar-refractivity contribution in [2.75, 3.05) is 33.4 Å². The summed E-state index contributed by atoms with van der Waals surface area (Å²) < 4.78 is 10.6. The Balaban J connectivity index is 1.72. The SMILES string of the molecule is CC[C@@H]1CN(C(=O)CN2Cc3ccccc3C[C@@H]2C(=O)OC)CCO1. The van der Waals surface area contributed by atoms with E-state index in [2.05, 4.69) is 13.0 Å². The van der Waals surface area contributed by atoms with Crippen LogP contribution in [0.3, 0.4) is 0 Å². The van der Waals surface area contributed by atoms with Crippen molar-refractivity contribution in [2.24, 2.45) is 0 Å². The second kappa shape index (κ2) is 7.97. The Hall–Kier alpha value is -1.92. The van der Waals surface area contributed by atoms with Gasteiger partial charge in [0.25, 0.3) is 0 Å². The van der Waals surface area contributed by atoms with Crippen LogP contribution in [-0.4, -0.2) is 67.2 Å². The van der Waals surface area contributed by atoms with Crippen LogP contribution in [0.5, 0.6) is 0 Å². The van der Waals surface area contributed by atoms with Crippen LogP contribution in [0.2, 0.25) is 0 Å². The van der Waals surface area contributed by atoms with Gasteiger partial charge in [0.2, 0.25) is 5.91 Å². The number of fused-ring (bicyclic) bond motifs is 1. The normalized spacial score (nSPS) is 23.8. The third-order valence-electron chi connectivity index (χ3n) is 5.10. The van der Waals surface area contributed by atoms with E-state index in [9.17, 15) is 9.59 Å². The zero-order chi connectivity index (χ0) is 17.8. The molecule has 0 bridgehead atoms. The molecular weight excluding hydrogens is 320 g/mol. The highest BCUT2D eigenvalue weighted by atomic mass is 16.5. The van der Waals surface area contributed by atoms with Gasteiger partial charge in [-0.3, -0.25) is 14.5 Å². The molecule has 3 rings (SSSR count). The minimum absolute atomic E-state index is 0.0510. The maximum Gasteiger partial charge on any atom is 0.323 e. The van der Waals surface area contributed by atoms with Gasteiger partial charge in [-0.1, -0.05) is 31.2 Å². The van der Waals surface area contributed by atoms with Crippen LogP contribution in [0.1, 0.15) is 24.5 Å². The Morgan fingerprint density at radius 2 is 2.04 bits per heavy atom. The fourth-order valence-corrected chi connectivity index (χ4v) is 3.58. The summed E-state index contributed by atoms with van der Waals surface area (Å²) >= 11 is 0. The molecule has 6 nitrogen and oxygen atoms in total. The van der Waals surface area contributed by atoms with Gasteiger partial charge in [0, 0.05) is 19.6 Å². The second-order valence-corrected chi connectivity index (χ2v) is 6.66. The molecule has 136 valence electrons. The van der Waals surface area contributed by atoms with Crippen molar-refractivity contribution in [2.45, 2.75) is 38.5 Å². The fraction of sp³-hybridized carbons (Fsp3) is 0.579. The highest BCUT2D eigenvalue weighted by molar-refractivity contribution is 5.81. The number of carbonyl (C=O) groups excluding carboxylic acids is 2. The Kier molecular flexibility index (Phi) is 5.71. The maximum atomic E-state index is 12.8. The lowest BCUT2D eigenvalue weighted by atomic mass is 9.94. The van der Waals surface area contributed by atoms with Gasteiger partial charge in [-0.05, 0) is 24.0 Å². The van der Waals surface area contributed by atoms with E-state index in [1.165, 1.54) is 12.7 Å². The Bertz CT molecular complexity index is 634. The molecule has 2 aliphatic rings. The van der Waals surface area contributed by atoms with Gasteiger partial charge >= 0.3 is 5.97 Å². The summed E-state index contributed by atoms with van der Waals surface area (Å²) in [7, 11) is 1.40. The Morgan fingerprint density at radius 1 is 1.28 bits per heavy atom. The number of morpholine rings is 1. The van der Waals surface area contributed by atoms with Gasteiger partial charge in [0.15, 0.2) is 0 Å². The van der Waals surface area contributed by atoms with Crippen LogP contribution in [0, 0.1) is 0 Å². The molecule has 0 saturated carbocycles. The molecule has 2 atom stereocenters. The van der Waals surface area contributed by atoms with Gasteiger partial charge < -0.3 is 14.4 Å². The summed E-state index contributed by atoms with van der Waals surface area (Å²) in [5.74, 6) is -0.231. The monoisotopic (exact) mass is 346 g/mol. The van der Waals surface area contributed by atoms with E-state index < -0.39 is 6.04 Å². The predicted molar refractivity (Wildman–Crippen MR) is 93.0 cm³/mol. The number of amides is 1. The molecule has 2 aliphatic heterocycles. The van der Waals surface area contributed by atoms with Gasteiger partial charge in [-0.2, -0.15) is 0 Å². The van der Waals surface area contributed by atoms with Crippen LogP contribution in [0.25, 0.3) is 0 Å². The number of ether oxygens (including phenoxy) is 2. The van der Waals surface area contributed by atoms with Gasteiger partial charge in [0.1, 0.15) is 6.04 Å². The zero-order valence-electron chi connectivity index (χ0n) is 14.9. The van der Waals surface area contributed by atoms with E-state index in [0.29, 0.717) is 32.7 Å². The number of rotatable bonds is 4. The molecule has 6 heteroatoms. The molecule has 1 amide bonds. The summed E-state index contributed by atoms with van der Waals surface area (Å²) in [5.41, 5.74) is 2.32. The molecule has 0 N–H and O–H groups in total. The second-order valence-electron chi connectivity index (χ2n) is 6.66. The van der Waals surface area contributed by atoms with E-state index in [-0.39, 0.29) is 24.5 Å². The van der Waals surface area contributed by atoms with Gasteiger partial charge in [-0.15, -0.1) is 0 Å². The fourth-order valence-electron chi connectivity index (χ4n) is 3.58. The van der Waals surface area contributed by atoms with Crippen molar-refractivity contribution in [3.63, 3.8) is 0 Å². The van der Waals surface area contributed by atoms with Gasteiger partial charge in [-0.25, -0.2) is 0 Å². The number of hydrogen-bond acceptors (Lipinski definition) is 5. The van der Waals surface area contributed by atoms with E-state index in [0.717, 1.165) is 12.0 Å². The van der Waals surface area contributed by atoms with Crippen LogP contribution in [0.15, 0.2) is 24.3 Å². The lowest BCUT2D eigenvalue weighted by molar-refractivity contribution is -0.150. The lowest BCUT2D eigenvalue weighted by Crippen LogP contribution is -2.53. The molecule has 0 aliphatic carbocycles. The largest absolute Gasteiger partial charge is 0.468 e. The molecule has 25 heavy (non-hydrogen) atoms. The maximum absolute atomic E-state index is 12.8. The average Bonchev–Trinajstić information content (AvgIpc) is 2.66. The zero-order valence-corrected chi connectivity index (χ0v) is 14.9. The summed E-state index contributed by atoms with van der Waals surface area (Å²) in [4.78, 5) is 28.8. The number of carbonyl (C=O) groups is 2. The van der Waals surface area contributed by atoms with Crippen molar-refractivity contribution in [3.8, 4) is 0 Å². The predicted octanol–water partition coefficient (Wildman–Crippen LogP) is 1.22. The summed E-state index contributed by atoms with van der Waals surface area (Å²) in [6.07, 6.45) is 1.58. The molecule has 1 saturated heterocycles. The average molecular weight is 346 g/mol. The van der Waals surface area contributed by atoms with Crippen molar-refractivity contribution >= 4 is 11.9 Å². The summed E-state index contributed by atoms with van der Waals surface area (Å²) in [6.45, 7) is 4.69. The van der Waals surface area contributed by atoms with Crippen molar-refractivity contribution in [3.05, 3.63) is 35.4 Å². The van der Waals surface area contributed by atoms with E-state index in [1.54, 1.807) is 0 Å². The van der Waals surface area contributed by atoms with Crippen LogP contribution >= 0.6 is 0 Å². The molecule has 0 radical (unpaired) electrons. The van der Waals surface area contributed by atoms with Gasteiger partial charge in [0.05, 0.1) is 26.4 Å². The first-order valence-corrected chi connectivity index (χ1v) is 8.90. The van der Waals surface area contributed by atoms with Crippen molar-refractivity contribution < 1.29 is 19.1 Å². The number of hydrogen-bond donors (Lipinski definition) is 0. The van der Waals surface area contributed by atoms with E-state index in [4.69, 9.17) is 9.47 Å². The molecule has 1 aromatic rings. The first-order chi connectivity index (χ1) is 12.1. The summed E-state index contributed by atoms with van der Waals surface area (Å²) in [6, 6.07) is 7.66. The van der Waals surface area contributed by atoms with Crippen LogP contribution in [-0.2, 0) is 32.0 Å². The van der Waals surface area contributed by atoms with Crippen LogP contribution < -0.4 is 0 Å². The molecule has 0 unspecified atom stereocenters. The van der Waals surface area contributed by atoms with Crippen LogP contribution in [0.4, 0.5) is 0 Å². The highest BCUT2D eigenvalue weighted by Gasteiger charge is 2.34. The molecule has 1 aromatic carbocycles. The molecule has 1 fully saturated rings. The minimum atomic E-state index is -0.410. The number of nitrogens with zero attached hydrogens (tertiary/aromatic N) is 2. The third kappa shape index (κ3) is 4.02. The lowest BCUT2D eigenvalue weighted by Gasteiger charge is -2.37. The first kappa shape index (κ1) is 17.9. The molecule has 0 spiro atoms. The van der Waals surface area contributed by atoms with Crippen molar-refractivity contribution in [1.82, 2.24) is 9.80 Å². The van der Waals surface area contributed by atoms with E-state index in [1.807, 2.05) is 28.0 Å². The number of benzene rings is 1. The number of esters is 1. The molecule has 0 aromatic heterocycles.